The Hall–Kier alpha value is -1.04. The molecule has 2 heterocycles. The molecule has 2 rings (SSSR count). The molecule has 1 aromatic heterocycles. The molecule has 0 bridgehead atoms. The zero-order chi connectivity index (χ0) is 14.8. The second-order valence-electron chi connectivity index (χ2n) is 5.74. The topological polar surface area (TPSA) is 78.0 Å². The van der Waals surface area contributed by atoms with Crippen LogP contribution >= 0.6 is 0 Å². The largest absolute Gasteiger partial charge is 0.384 e. The molecule has 1 aromatic rings. The van der Waals surface area contributed by atoms with E-state index in [1.54, 1.807) is 4.68 Å². The molecule has 2 atom stereocenters. The van der Waals surface area contributed by atoms with Gasteiger partial charge in [-0.05, 0) is 19.3 Å². The van der Waals surface area contributed by atoms with Crippen molar-refractivity contribution in [2.75, 3.05) is 17.2 Å². The molecule has 114 valence electrons. The predicted octanol–water partition coefficient (Wildman–Crippen LogP) is 2.51. The first-order chi connectivity index (χ1) is 9.46. The number of nitrogen functional groups attached to an aromatic ring is 1. The standard InChI is InChI=1S/C14H25N3O2S/c1-3-5-6-11(4-2)13-9-14(15)17(16-13)12-7-8-20(18,19)10-12/h9,11-12H,3-8,10,15H2,1-2H3. The fourth-order valence-corrected chi connectivity index (χ4v) is 4.59. The zero-order valence-electron chi connectivity index (χ0n) is 12.4. The molecule has 6 heteroatoms. The maximum absolute atomic E-state index is 11.6. The van der Waals surface area contributed by atoms with E-state index in [-0.39, 0.29) is 17.5 Å². The molecular formula is C14H25N3O2S. The summed E-state index contributed by atoms with van der Waals surface area (Å²) in [6.07, 6.45) is 5.14. The minimum atomic E-state index is -2.91. The molecule has 0 radical (unpaired) electrons. The van der Waals surface area contributed by atoms with E-state index in [1.165, 1.54) is 12.8 Å². The van der Waals surface area contributed by atoms with Crippen LogP contribution in [-0.2, 0) is 9.84 Å². The number of hydrogen-bond donors (Lipinski definition) is 1. The molecule has 5 nitrogen and oxygen atoms in total. The number of unbranched alkanes of at least 4 members (excludes halogenated alkanes) is 1. The van der Waals surface area contributed by atoms with Gasteiger partial charge in [0, 0.05) is 12.0 Å². The lowest BCUT2D eigenvalue weighted by Gasteiger charge is -2.12. The lowest BCUT2D eigenvalue weighted by Crippen LogP contribution is -2.15. The first kappa shape index (κ1) is 15.4. The lowest BCUT2D eigenvalue weighted by molar-refractivity contribution is 0.484. The van der Waals surface area contributed by atoms with Crippen LogP contribution in [0.2, 0.25) is 0 Å². The predicted molar refractivity (Wildman–Crippen MR) is 81.5 cm³/mol. The maximum atomic E-state index is 11.6. The van der Waals surface area contributed by atoms with Gasteiger partial charge in [-0.3, -0.25) is 0 Å². The molecule has 0 saturated carbocycles. The van der Waals surface area contributed by atoms with Gasteiger partial charge < -0.3 is 5.73 Å². The first-order valence-electron chi connectivity index (χ1n) is 7.52. The number of aromatic nitrogens is 2. The molecule has 2 N–H and O–H groups in total. The molecule has 0 spiro atoms. The Morgan fingerprint density at radius 1 is 1.50 bits per heavy atom. The molecule has 0 amide bonds. The summed E-state index contributed by atoms with van der Waals surface area (Å²) >= 11 is 0. The number of hydrogen-bond acceptors (Lipinski definition) is 4. The minimum Gasteiger partial charge on any atom is -0.384 e. The number of nitrogens with two attached hydrogens (primary N) is 1. The van der Waals surface area contributed by atoms with Crippen LogP contribution in [0.25, 0.3) is 0 Å². The zero-order valence-corrected chi connectivity index (χ0v) is 13.2. The number of anilines is 1. The van der Waals surface area contributed by atoms with Crippen molar-refractivity contribution in [3.05, 3.63) is 11.8 Å². The van der Waals surface area contributed by atoms with Crippen molar-refractivity contribution in [1.82, 2.24) is 9.78 Å². The Morgan fingerprint density at radius 3 is 2.80 bits per heavy atom. The lowest BCUT2D eigenvalue weighted by atomic mass is 9.96. The van der Waals surface area contributed by atoms with E-state index in [0.717, 1.165) is 18.5 Å². The van der Waals surface area contributed by atoms with Gasteiger partial charge in [0.1, 0.15) is 5.82 Å². The summed E-state index contributed by atoms with van der Waals surface area (Å²) in [5.74, 6) is 1.44. The minimum absolute atomic E-state index is 0.0857. The maximum Gasteiger partial charge on any atom is 0.152 e. The molecule has 1 aliphatic heterocycles. The van der Waals surface area contributed by atoms with E-state index in [2.05, 4.69) is 18.9 Å². The van der Waals surface area contributed by atoms with E-state index in [9.17, 15) is 8.42 Å². The van der Waals surface area contributed by atoms with Crippen LogP contribution in [0.1, 0.15) is 63.6 Å². The Balaban J connectivity index is 2.16. The van der Waals surface area contributed by atoms with Crippen LogP contribution in [-0.4, -0.2) is 29.7 Å². The third kappa shape index (κ3) is 3.34. The summed E-state index contributed by atoms with van der Waals surface area (Å²) in [6, 6.07) is 1.84. The molecule has 0 aromatic carbocycles. The van der Waals surface area contributed by atoms with Crippen molar-refractivity contribution < 1.29 is 8.42 Å². The van der Waals surface area contributed by atoms with E-state index in [1.807, 2.05) is 6.07 Å². The number of sulfone groups is 1. The average molecular weight is 299 g/mol. The molecule has 1 aliphatic rings. The average Bonchev–Trinajstić information content (AvgIpc) is 2.93. The Kier molecular flexibility index (Phi) is 4.73. The van der Waals surface area contributed by atoms with Gasteiger partial charge in [-0.25, -0.2) is 13.1 Å². The molecule has 2 unspecified atom stereocenters. The Bertz CT molecular complexity index is 551. The number of nitrogens with zero attached hydrogens (tertiary/aromatic N) is 2. The first-order valence-corrected chi connectivity index (χ1v) is 9.34. The highest BCUT2D eigenvalue weighted by Crippen LogP contribution is 2.30. The van der Waals surface area contributed by atoms with Gasteiger partial charge in [-0.1, -0.05) is 26.7 Å². The summed E-state index contributed by atoms with van der Waals surface area (Å²) in [7, 11) is -2.91. The highest BCUT2D eigenvalue weighted by molar-refractivity contribution is 7.91. The van der Waals surface area contributed by atoms with Crippen molar-refractivity contribution in [3.8, 4) is 0 Å². The summed E-state index contributed by atoms with van der Waals surface area (Å²) < 4.78 is 24.9. The van der Waals surface area contributed by atoms with E-state index in [4.69, 9.17) is 5.73 Å². The van der Waals surface area contributed by atoms with E-state index < -0.39 is 9.84 Å². The van der Waals surface area contributed by atoms with Crippen molar-refractivity contribution in [3.63, 3.8) is 0 Å². The van der Waals surface area contributed by atoms with Crippen LogP contribution in [0.15, 0.2) is 6.07 Å². The van der Waals surface area contributed by atoms with Crippen LogP contribution in [0.3, 0.4) is 0 Å². The van der Waals surface area contributed by atoms with Gasteiger partial charge in [0.2, 0.25) is 0 Å². The van der Waals surface area contributed by atoms with Gasteiger partial charge in [0.25, 0.3) is 0 Å². The fraction of sp³-hybridized carbons (Fsp3) is 0.786. The third-order valence-corrected chi connectivity index (χ3v) is 5.91. The highest BCUT2D eigenvalue weighted by Gasteiger charge is 2.31. The van der Waals surface area contributed by atoms with Crippen molar-refractivity contribution in [1.29, 1.82) is 0 Å². The van der Waals surface area contributed by atoms with E-state index in [0.29, 0.717) is 18.2 Å². The second-order valence-corrected chi connectivity index (χ2v) is 7.97. The van der Waals surface area contributed by atoms with Gasteiger partial charge in [0.15, 0.2) is 9.84 Å². The van der Waals surface area contributed by atoms with Crippen LogP contribution in [0, 0.1) is 0 Å². The van der Waals surface area contributed by atoms with Crippen molar-refractivity contribution in [2.45, 2.75) is 57.9 Å². The number of rotatable bonds is 6. The molecule has 0 aliphatic carbocycles. The summed E-state index contributed by atoms with van der Waals surface area (Å²) in [4.78, 5) is 0. The van der Waals surface area contributed by atoms with Crippen molar-refractivity contribution >= 4 is 15.7 Å². The normalized spacial score (nSPS) is 23.0. The van der Waals surface area contributed by atoms with Crippen LogP contribution in [0.4, 0.5) is 5.82 Å². The monoisotopic (exact) mass is 299 g/mol. The summed E-state index contributed by atoms with van der Waals surface area (Å²) in [6.45, 7) is 4.35. The fourth-order valence-electron chi connectivity index (χ4n) is 2.90. The quantitative estimate of drug-likeness (QED) is 0.875. The van der Waals surface area contributed by atoms with Crippen LogP contribution in [0.5, 0.6) is 0 Å². The third-order valence-electron chi connectivity index (χ3n) is 4.16. The highest BCUT2D eigenvalue weighted by atomic mass is 32.2. The summed E-state index contributed by atoms with van der Waals surface area (Å²) in [5, 5.41) is 4.61. The second kappa shape index (κ2) is 6.16. The van der Waals surface area contributed by atoms with Gasteiger partial charge in [-0.15, -0.1) is 0 Å². The van der Waals surface area contributed by atoms with Crippen LogP contribution < -0.4 is 5.73 Å². The van der Waals surface area contributed by atoms with E-state index >= 15 is 0 Å². The molecule has 1 saturated heterocycles. The Morgan fingerprint density at radius 2 is 2.25 bits per heavy atom. The Labute approximate surface area is 121 Å². The van der Waals surface area contributed by atoms with Gasteiger partial charge >= 0.3 is 0 Å². The summed E-state index contributed by atoms with van der Waals surface area (Å²) in [5.41, 5.74) is 7.05. The van der Waals surface area contributed by atoms with Crippen molar-refractivity contribution in [2.24, 2.45) is 0 Å². The molecule has 1 fully saturated rings. The smallest absolute Gasteiger partial charge is 0.152 e. The molecule has 20 heavy (non-hydrogen) atoms. The van der Waals surface area contributed by atoms with Gasteiger partial charge in [0.05, 0.1) is 23.2 Å². The van der Waals surface area contributed by atoms with Gasteiger partial charge in [-0.2, -0.15) is 5.10 Å². The molecular weight excluding hydrogens is 274 g/mol. The SMILES string of the molecule is CCCCC(CC)c1cc(N)n(C2CCS(=O)(=O)C2)n1.